The molecule has 186 valence electrons. The molecule has 2 aromatic carbocycles. The molecule has 3 heterocycles. The molecule has 4 aromatic rings. The zero-order chi connectivity index (χ0) is 25.1. The van der Waals surface area contributed by atoms with Crippen LogP contribution in [0.25, 0.3) is 23.0 Å². The number of rotatable bonds is 7. The highest BCUT2D eigenvalue weighted by Crippen LogP contribution is 2.31. The maximum Gasteiger partial charge on any atom is 0.236 e. The summed E-state index contributed by atoms with van der Waals surface area (Å²) in [6.45, 7) is 1.70. The first-order valence-electron chi connectivity index (χ1n) is 11.7. The van der Waals surface area contributed by atoms with Gasteiger partial charge in [-0.1, -0.05) is 60.1 Å². The van der Waals surface area contributed by atoms with Gasteiger partial charge in [-0.15, -0.1) is 0 Å². The molecule has 1 aliphatic heterocycles. The molecule has 0 bridgehead atoms. The summed E-state index contributed by atoms with van der Waals surface area (Å²) in [6.07, 6.45) is 4.92. The lowest BCUT2D eigenvalue weighted by Gasteiger charge is -2.30. The van der Waals surface area contributed by atoms with Crippen LogP contribution in [0.4, 0.5) is 5.82 Å². The second kappa shape index (κ2) is 10.7. The summed E-state index contributed by atoms with van der Waals surface area (Å²) in [5.74, 6) is 1.14. The summed E-state index contributed by atoms with van der Waals surface area (Å²) in [6, 6.07) is 19.0. The van der Waals surface area contributed by atoms with Gasteiger partial charge in [-0.3, -0.25) is 0 Å². The Morgan fingerprint density at radius 2 is 1.81 bits per heavy atom. The molecule has 1 fully saturated rings. The van der Waals surface area contributed by atoms with Crippen molar-refractivity contribution in [3.05, 3.63) is 87.3 Å². The van der Waals surface area contributed by atoms with Gasteiger partial charge in [-0.2, -0.15) is 13.9 Å². The van der Waals surface area contributed by atoms with E-state index in [0.29, 0.717) is 36.2 Å². The molecule has 0 amide bonds. The van der Waals surface area contributed by atoms with Gasteiger partial charge in [-0.05, 0) is 52.4 Å². The monoisotopic (exact) mass is 585 g/mol. The zero-order valence-electron chi connectivity index (χ0n) is 19.4. The molecule has 0 aliphatic carbocycles. The van der Waals surface area contributed by atoms with Gasteiger partial charge in [0, 0.05) is 41.7 Å². The van der Waals surface area contributed by atoms with Crippen molar-refractivity contribution in [1.82, 2.24) is 18.9 Å². The van der Waals surface area contributed by atoms with Crippen molar-refractivity contribution in [1.29, 1.82) is 0 Å². The third-order valence-electron chi connectivity index (χ3n) is 6.32. The fourth-order valence-corrected chi connectivity index (χ4v) is 6.10. The van der Waals surface area contributed by atoms with E-state index in [9.17, 15) is 8.42 Å². The summed E-state index contributed by atoms with van der Waals surface area (Å²) in [7, 11) is -3.45. The number of halogens is 2. The Morgan fingerprint density at radius 3 is 2.56 bits per heavy atom. The van der Waals surface area contributed by atoms with Crippen molar-refractivity contribution < 1.29 is 8.42 Å². The van der Waals surface area contributed by atoms with E-state index >= 15 is 0 Å². The first-order valence-corrected chi connectivity index (χ1v) is 14.3. The number of nitrogens with one attached hydrogen (secondary N) is 1. The van der Waals surface area contributed by atoms with E-state index < -0.39 is 10.0 Å². The van der Waals surface area contributed by atoms with E-state index in [1.807, 2.05) is 60.7 Å². The highest BCUT2D eigenvalue weighted by Gasteiger charge is 2.26. The number of hydrogen-bond donors (Lipinski definition) is 1. The van der Waals surface area contributed by atoms with E-state index in [4.69, 9.17) is 16.6 Å². The number of benzene rings is 2. The number of aromatic nitrogens is 3. The molecule has 0 unspecified atom stereocenters. The summed E-state index contributed by atoms with van der Waals surface area (Å²) < 4.78 is 29.7. The second-order valence-electron chi connectivity index (χ2n) is 8.72. The fourth-order valence-electron chi connectivity index (χ4n) is 4.30. The van der Waals surface area contributed by atoms with Crippen LogP contribution in [0.1, 0.15) is 18.4 Å². The molecular formula is C26H25BrClN5O2S. The van der Waals surface area contributed by atoms with E-state index in [1.54, 1.807) is 21.1 Å². The van der Waals surface area contributed by atoms with Gasteiger partial charge in [0.1, 0.15) is 5.82 Å². The minimum Gasteiger partial charge on any atom is -0.370 e. The zero-order valence-corrected chi connectivity index (χ0v) is 22.5. The smallest absolute Gasteiger partial charge is 0.236 e. The molecule has 1 aliphatic rings. The predicted molar refractivity (Wildman–Crippen MR) is 148 cm³/mol. The second-order valence-corrected chi connectivity index (χ2v) is 11.8. The Bertz CT molecular complexity index is 1500. The van der Waals surface area contributed by atoms with Crippen LogP contribution in [-0.2, 0) is 10.0 Å². The Hall–Kier alpha value is -2.72. The lowest BCUT2D eigenvalue weighted by Crippen LogP contribution is -2.39. The maximum atomic E-state index is 12.8. The van der Waals surface area contributed by atoms with Crippen LogP contribution in [0.2, 0.25) is 5.02 Å². The Kier molecular flexibility index (Phi) is 7.43. The Balaban J connectivity index is 1.26. The Labute approximate surface area is 224 Å². The number of fused-ring (bicyclic) bond motifs is 1. The van der Waals surface area contributed by atoms with Crippen LogP contribution >= 0.6 is 27.5 Å². The number of hydrogen-bond acceptors (Lipinski definition) is 5. The topological polar surface area (TPSA) is 79.6 Å². The van der Waals surface area contributed by atoms with Gasteiger partial charge < -0.3 is 5.32 Å². The highest BCUT2D eigenvalue weighted by molar-refractivity contribution is 9.10. The average Bonchev–Trinajstić information content (AvgIpc) is 3.28. The quantitative estimate of drug-likeness (QED) is 0.290. The summed E-state index contributed by atoms with van der Waals surface area (Å²) in [5.41, 5.74) is 3.16. The van der Waals surface area contributed by atoms with Crippen LogP contribution < -0.4 is 5.32 Å². The predicted octanol–water partition coefficient (Wildman–Crippen LogP) is 5.94. The molecule has 2 aromatic heterocycles. The molecular weight excluding hydrogens is 562 g/mol. The van der Waals surface area contributed by atoms with E-state index in [2.05, 4.69) is 26.3 Å². The molecule has 10 heteroatoms. The van der Waals surface area contributed by atoms with Gasteiger partial charge in [0.2, 0.25) is 10.0 Å². The van der Waals surface area contributed by atoms with Crippen molar-refractivity contribution in [2.24, 2.45) is 5.92 Å². The van der Waals surface area contributed by atoms with E-state index in [-0.39, 0.29) is 0 Å². The van der Waals surface area contributed by atoms with Crippen LogP contribution in [-0.4, -0.2) is 47.0 Å². The van der Waals surface area contributed by atoms with Crippen molar-refractivity contribution in [2.75, 3.05) is 25.0 Å². The standard InChI is InChI=1S/C26H25BrClN5O2S/c27-22-18-30-33-25(16-24(31-26(22)33)21-8-4-5-9-23(21)28)29-17-20-10-13-32(14-11-20)36(34,35)15-12-19-6-2-1-3-7-19/h1-9,12,15-16,18,20,29H,10-11,13-14,17H2. The van der Waals surface area contributed by atoms with Crippen molar-refractivity contribution >= 4 is 55.1 Å². The summed E-state index contributed by atoms with van der Waals surface area (Å²) in [4.78, 5) is 4.75. The minimum absolute atomic E-state index is 0.334. The largest absolute Gasteiger partial charge is 0.370 e. The van der Waals surface area contributed by atoms with Crippen molar-refractivity contribution in [3.63, 3.8) is 0 Å². The average molecular weight is 587 g/mol. The molecule has 5 rings (SSSR count). The van der Waals surface area contributed by atoms with Crippen LogP contribution in [0, 0.1) is 5.92 Å². The summed E-state index contributed by atoms with van der Waals surface area (Å²) in [5, 5.41) is 9.90. The molecule has 1 N–H and O–H groups in total. The lowest BCUT2D eigenvalue weighted by atomic mass is 9.98. The maximum absolute atomic E-state index is 12.8. The summed E-state index contributed by atoms with van der Waals surface area (Å²) >= 11 is 9.96. The molecule has 7 nitrogen and oxygen atoms in total. The SMILES string of the molecule is O=S(=O)(C=Cc1ccccc1)N1CCC(CNc2cc(-c3ccccc3Cl)nc3c(Br)cnn23)CC1. The highest BCUT2D eigenvalue weighted by atomic mass is 79.9. The van der Waals surface area contributed by atoms with E-state index in [0.717, 1.165) is 40.0 Å². The molecule has 0 spiro atoms. The third kappa shape index (κ3) is 5.49. The molecule has 0 radical (unpaired) electrons. The van der Waals surface area contributed by atoms with Gasteiger partial charge >= 0.3 is 0 Å². The molecule has 0 saturated carbocycles. The van der Waals surface area contributed by atoms with Crippen LogP contribution in [0.3, 0.4) is 0 Å². The van der Waals surface area contributed by atoms with Gasteiger partial charge in [0.05, 0.1) is 16.4 Å². The Morgan fingerprint density at radius 1 is 1.08 bits per heavy atom. The fraction of sp³-hybridized carbons (Fsp3) is 0.231. The van der Waals surface area contributed by atoms with Crippen LogP contribution in [0.5, 0.6) is 0 Å². The third-order valence-corrected chi connectivity index (χ3v) is 8.77. The van der Waals surface area contributed by atoms with E-state index in [1.165, 1.54) is 5.41 Å². The van der Waals surface area contributed by atoms with Gasteiger partial charge in [0.25, 0.3) is 0 Å². The van der Waals surface area contributed by atoms with Crippen molar-refractivity contribution in [2.45, 2.75) is 12.8 Å². The lowest BCUT2D eigenvalue weighted by molar-refractivity contribution is 0.284. The number of anilines is 1. The normalized spacial score (nSPS) is 15.6. The van der Waals surface area contributed by atoms with Gasteiger partial charge in [-0.25, -0.2) is 13.4 Å². The number of sulfonamides is 1. The molecule has 1 saturated heterocycles. The minimum atomic E-state index is -3.45. The number of nitrogens with zero attached hydrogens (tertiary/aromatic N) is 4. The first-order chi connectivity index (χ1) is 17.4. The molecule has 0 atom stereocenters. The number of piperidine rings is 1. The van der Waals surface area contributed by atoms with Crippen LogP contribution in [0.15, 0.2) is 76.7 Å². The van der Waals surface area contributed by atoms with Crippen molar-refractivity contribution in [3.8, 4) is 11.3 Å². The molecule has 36 heavy (non-hydrogen) atoms. The van der Waals surface area contributed by atoms with Gasteiger partial charge in [0.15, 0.2) is 5.65 Å². The first kappa shape index (κ1) is 25.0.